The van der Waals surface area contributed by atoms with Crippen LogP contribution in [0.2, 0.25) is 0 Å². The Bertz CT molecular complexity index is 110. The van der Waals surface area contributed by atoms with Crippen LogP contribution in [0.3, 0.4) is 0 Å². The maximum Gasteiger partial charge on any atom is 0.0433 e. The van der Waals surface area contributed by atoms with E-state index in [0.29, 0.717) is 6.61 Å². The minimum atomic E-state index is 0.360. The van der Waals surface area contributed by atoms with Gasteiger partial charge in [-0.15, -0.1) is 0 Å². The largest absolute Gasteiger partial charge is 0.396 e. The third-order valence-corrected chi connectivity index (χ3v) is 2.78. The molecular formula is C9H19NO. The minimum absolute atomic E-state index is 0.360. The van der Waals surface area contributed by atoms with Crippen molar-refractivity contribution in [3.63, 3.8) is 0 Å². The second-order valence-electron chi connectivity index (χ2n) is 3.66. The Morgan fingerprint density at radius 1 is 1.55 bits per heavy atom. The van der Waals surface area contributed by atoms with Crippen molar-refractivity contribution in [1.82, 2.24) is 4.90 Å². The summed E-state index contributed by atoms with van der Waals surface area (Å²) in [5, 5.41) is 8.79. The Morgan fingerprint density at radius 3 is 2.55 bits per heavy atom. The number of aliphatic hydroxyl groups excluding tert-OH is 1. The molecule has 0 aliphatic carbocycles. The van der Waals surface area contributed by atoms with Gasteiger partial charge in [-0.3, -0.25) is 0 Å². The van der Waals surface area contributed by atoms with Gasteiger partial charge in [0.15, 0.2) is 0 Å². The van der Waals surface area contributed by atoms with Gasteiger partial charge in [0.1, 0.15) is 0 Å². The van der Waals surface area contributed by atoms with Crippen molar-refractivity contribution in [3.05, 3.63) is 0 Å². The van der Waals surface area contributed by atoms with Crippen molar-refractivity contribution >= 4 is 0 Å². The number of nitrogens with zero attached hydrogens (tertiary/aromatic N) is 1. The average molecular weight is 157 g/mol. The van der Waals surface area contributed by atoms with Crippen LogP contribution in [0, 0.1) is 11.8 Å². The summed E-state index contributed by atoms with van der Waals surface area (Å²) in [6, 6.07) is 0. The molecule has 1 N–H and O–H groups in total. The van der Waals surface area contributed by atoms with Crippen LogP contribution in [0.5, 0.6) is 0 Å². The normalized spacial score (nSPS) is 23.2. The van der Waals surface area contributed by atoms with E-state index in [2.05, 4.69) is 18.9 Å². The lowest BCUT2D eigenvalue weighted by Gasteiger charge is -2.41. The first-order valence-electron chi connectivity index (χ1n) is 4.57. The number of likely N-dealkylation sites (tertiary alicyclic amines) is 1. The smallest absolute Gasteiger partial charge is 0.0433 e. The molecule has 0 aromatic heterocycles. The van der Waals surface area contributed by atoms with Gasteiger partial charge < -0.3 is 10.0 Å². The van der Waals surface area contributed by atoms with E-state index < -0.39 is 0 Å². The lowest BCUT2D eigenvalue weighted by atomic mass is 9.82. The average Bonchev–Trinajstić information content (AvgIpc) is 1.95. The lowest BCUT2D eigenvalue weighted by Crippen LogP contribution is -2.47. The summed E-state index contributed by atoms with van der Waals surface area (Å²) in [6.07, 6.45) is 2.22. The number of hydrogen-bond donors (Lipinski definition) is 1. The minimum Gasteiger partial charge on any atom is -0.396 e. The fourth-order valence-corrected chi connectivity index (χ4v) is 1.98. The molecule has 1 fully saturated rings. The van der Waals surface area contributed by atoms with Crippen molar-refractivity contribution < 1.29 is 5.11 Å². The van der Waals surface area contributed by atoms with Crippen molar-refractivity contribution in [1.29, 1.82) is 0 Å². The van der Waals surface area contributed by atoms with E-state index in [1.165, 1.54) is 19.5 Å². The first-order valence-corrected chi connectivity index (χ1v) is 4.57. The highest BCUT2D eigenvalue weighted by Crippen LogP contribution is 2.27. The standard InChI is InChI=1S/C9H19NO/c1-3-8(4-5-11)9-6-10(2)7-9/h8-9,11H,3-7H2,1-2H3. The molecule has 1 heterocycles. The van der Waals surface area contributed by atoms with Crippen LogP contribution >= 0.6 is 0 Å². The quantitative estimate of drug-likeness (QED) is 0.657. The van der Waals surface area contributed by atoms with Crippen molar-refractivity contribution in [2.45, 2.75) is 19.8 Å². The van der Waals surface area contributed by atoms with Crippen LogP contribution in [0.1, 0.15) is 19.8 Å². The molecule has 2 heteroatoms. The van der Waals surface area contributed by atoms with E-state index in [1.807, 2.05) is 0 Å². The van der Waals surface area contributed by atoms with E-state index in [-0.39, 0.29) is 0 Å². The predicted octanol–water partition coefficient (Wildman–Crippen LogP) is 0.957. The van der Waals surface area contributed by atoms with Gasteiger partial charge in [-0.05, 0) is 25.3 Å². The number of aliphatic hydroxyl groups is 1. The summed E-state index contributed by atoms with van der Waals surface area (Å²) in [7, 11) is 2.15. The molecule has 1 rings (SSSR count). The van der Waals surface area contributed by atoms with Crippen LogP contribution < -0.4 is 0 Å². The van der Waals surface area contributed by atoms with Crippen molar-refractivity contribution in [3.8, 4) is 0 Å². The first kappa shape index (κ1) is 9.01. The Morgan fingerprint density at radius 2 is 2.18 bits per heavy atom. The van der Waals surface area contributed by atoms with Gasteiger partial charge in [0.05, 0.1) is 0 Å². The van der Waals surface area contributed by atoms with Gasteiger partial charge in [0.2, 0.25) is 0 Å². The maximum atomic E-state index is 8.79. The highest BCUT2D eigenvalue weighted by molar-refractivity contribution is 4.82. The monoisotopic (exact) mass is 157 g/mol. The van der Waals surface area contributed by atoms with E-state index >= 15 is 0 Å². The number of rotatable bonds is 4. The SMILES string of the molecule is CCC(CCO)C1CN(C)C1. The van der Waals surface area contributed by atoms with Crippen LogP contribution in [0.25, 0.3) is 0 Å². The molecule has 0 aromatic carbocycles. The molecule has 1 unspecified atom stereocenters. The molecule has 1 aliphatic heterocycles. The fourth-order valence-electron chi connectivity index (χ4n) is 1.98. The molecule has 0 spiro atoms. The molecule has 2 nitrogen and oxygen atoms in total. The molecule has 0 bridgehead atoms. The molecule has 0 saturated carbocycles. The molecule has 66 valence electrons. The Kier molecular flexibility index (Phi) is 3.34. The van der Waals surface area contributed by atoms with E-state index in [0.717, 1.165) is 18.3 Å². The fraction of sp³-hybridized carbons (Fsp3) is 1.00. The highest BCUT2D eigenvalue weighted by atomic mass is 16.3. The Hall–Kier alpha value is -0.0800. The van der Waals surface area contributed by atoms with Crippen LogP contribution in [0.4, 0.5) is 0 Å². The molecule has 1 saturated heterocycles. The molecule has 0 aromatic rings. The van der Waals surface area contributed by atoms with Gasteiger partial charge in [-0.2, -0.15) is 0 Å². The van der Waals surface area contributed by atoms with E-state index in [4.69, 9.17) is 5.11 Å². The molecule has 0 amide bonds. The van der Waals surface area contributed by atoms with E-state index in [9.17, 15) is 0 Å². The van der Waals surface area contributed by atoms with Gasteiger partial charge in [0, 0.05) is 19.7 Å². The number of hydrogen-bond acceptors (Lipinski definition) is 2. The summed E-state index contributed by atoms with van der Waals surface area (Å²) in [5.41, 5.74) is 0. The third kappa shape index (κ3) is 2.17. The Labute approximate surface area is 69.2 Å². The first-order chi connectivity index (χ1) is 5.27. The van der Waals surface area contributed by atoms with E-state index in [1.54, 1.807) is 0 Å². The zero-order valence-electron chi connectivity index (χ0n) is 7.58. The predicted molar refractivity (Wildman–Crippen MR) is 46.5 cm³/mol. The second kappa shape index (κ2) is 4.07. The van der Waals surface area contributed by atoms with Crippen molar-refractivity contribution in [2.24, 2.45) is 11.8 Å². The zero-order valence-corrected chi connectivity index (χ0v) is 7.58. The molecule has 0 radical (unpaired) electrons. The zero-order chi connectivity index (χ0) is 8.27. The van der Waals surface area contributed by atoms with Crippen LogP contribution in [-0.2, 0) is 0 Å². The molecule has 1 atom stereocenters. The summed E-state index contributed by atoms with van der Waals surface area (Å²) < 4.78 is 0. The molecule has 11 heavy (non-hydrogen) atoms. The second-order valence-corrected chi connectivity index (χ2v) is 3.66. The van der Waals surface area contributed by atoms with Gasteiger partial charge in [-0.1, -0.05) is 13.3 Å². The summed E-state index contributed by atoms with van der Waals surface area (Å²) in [5.74, 6) is 1.62. The van der Waals surface area contributed by atoms with Gasteiger partial charge in [-0.25, -0.2) is 0 Å². The summed E-state index contributed by atoms with van der Waals surface area (Å²) in [6.45, 7) is 5.05. The van der Waals surface area contributed by atoms with Crippen molar-refractivity contribution in [2.75, 3.05) is 26.7 Å². The van der Waals surface area contributed by atoms with Gasteiger partial charge >= 0.3 is 0 Å². The molecular weight excluding hydrogens is 138 g/mol. The third-order valence-electron chi connectivity index (χ3n) is 2.78. The topological polar surface area (TPSA) is 23.5 Å². The highest BCUT2D eigenvalue weighted by Gasteiger charge is 2.29. The molecule has 1 aliphatic rings. The van der Waals surface area contributed by atoms with Crippen LogP contribution in [-0.4, -0.2) is 36.8 Å². The summed E-state index contributed by atoms with van der Waals surface area (Å²) in [4.78, 5) is 2.34. The lowest BCUT2D eigenvalue weighted by molar-refractivity contribution is 0.0677. The summed E-state index contributed by atoms with van der Waals surface area (Å²) >= 11 is 0. The Balaban J connectivity index is 2.20. The maximum absolute atomic E-state index is 8.79. The van der Waals surface area contributed by atoms with Gasteiger partial charge in [0.25, 0.3) is 0 Å². The van der Waals surface area contributed by atoms with Crippen LogP contribution in [0.15, 0.2) is 0 Å².